The lowest BCUT2D eigenvalue weighted by Gasteiger charge is -2.21. The predicted molar refractivity (Wildman–Crippen MR) is 221 cm³/mol. The number of aliphatic hydroxyl groups excluding tert-OH is 1. The van der Waals surface area contributed by atoms with Crippen LogP contribution < -0.4 is 5.32 Å². The maximum absolute atomic E-state index is 12.5. The first-order valence-electron chi connectivity index (χ1n) is 22.4. The number of unbranched alkanes of at least 4 members (excludes halogenated alkanes) is 33. The Morgan fingerprint density at radius 2 is 0.804 bits per heavy atom. The zero-order chi connectivity index (χ0) is 37.5. The number of hydrogen-bond acceptors (Lipinski definition) is 4. The van der Waals surface area contributed by atoms with Gasteiger partial charge in [-0.3, -0.25) is 9.35 Å². The van der Waals surface area contributed by atoms with Crippen molar-refractivity contribution in [3.63, 3.8) is 0 Å². The van der Waals surface area contributed by atoms with Crippen molar-refractivity contribution in [3.05, 3.63) is 12.2 Å². The molecule has 0 heterocycles. The van der Waals surface area contributed by atoms with Gasteiger partial charge in [0.05, 0.1) is 17.9 Å². The van der Waals surface area contributed by atoms with Crippen molar-refractivity contribution in [1.82, 2.24) is 5.32 Å². The van der Waals surface area contributed by atoms with Crippen molar-refractivity contribution in [2.24, 2.45) is 0 Å². The Labute approximate surface area is 318 Å². The Balaban J connectivity index is 3.84. The highest BCUT2D eigenvalue weighted by Crippen LogP contribution is 2.16. The molecule has 1 amide bonds. The standard InChI is InChI=1S/C44H87NO5S/c1-3-5-7-9-11-13-15-17-19-21-23-25-27-29-31-33-35-37-39-43(46)42(41-51(48,49)50)45-44(47)40-38-36-34-32-30-28-26-24-22-20-18-16-14-12-10-8-6-4-2/h37,39,42-43,46H,3-36,38,40-41H2,1-2H3,(H,45,47)(H,48,49,50)/b39-37+. The second-order valence-corrected chi connectivity index (χ2v) is 17.2. The normalized spacial score (nSPS) is 13.3. The molecular formula is C44H87NO5S. The summed E-state index contributed by atoms with van der Waals surface area (Å²) in [5.41, 5.74) is 0. The largest absolute Gasteiger partial charge is 0.387 e. The number of carbonyl (C=O) groups excluding carboxylic acids is 1. The van der Waals surface area contributed by atoms with Crippen molar-refractivity contribution < 1.29 is 22.9 Å². The van der Waals surface area contributed by atoms with Crippen LogP contribution in [0.3, 0.4) is 0 Å². The average molecular weight is 742 g/mol. The van der Waals surface area contributed by atoms with Crippen LogP contribution in [0.1, 0.15) is 245 Å². The first-order chi connectivity index (χ1) is 24.8. The summed E-state index contributed by atoms with van der Waals surface area (Å²) >= 11 is 0. The lowest BCUT2D eigenvalue weighted by Crippen LogP contribution is -2.46. The molecule has 0 spiro atoms. The molecule has 0 saturated heterocycles. The fourth-order valence-corrected chi connectivity index (χ4v) is 7.83. The van der Waals surface area contributed by atoms with Crippen LogP contribution in [-0.2, 0) is 14.9 Å². The molecule has 2 atom stereocenters. The predicted octanol–water partition coefficient (Wildman–Crippen LogP) is 13.4. The minimum absolute atomic E-state index is 0.273. The summed E-state index contributed by atoms with van der Waals surface area (Å²) in [5.74, 6) is -0.965. The number of allylic oxidation sites excluding steroid dienone is 1. The van der Waals surface area contributed by atoms with Crippen LogP contribution in [0.4, 0.5) is 0 Å². The van der Waals surface area contributed by atoms with E-state index in [2.05, 4.69) is 19.2 Å². The maximum Gasteiger partial charge on any atom is 0.267 e. The van der Waals surface area contributed by atoms with Crippen LogP contribution in [0, 0.1) is 0 Å². The van der Waals surface area contributed by atoms with E-state index in [4.69, 9.17) is 0 Å². The van der Waals surface area contributed by atoms with E-state index in [1.165, 1.54) is 186 Å². The van der Waals surface area contributed by atoms with E-state index in [0.29, 0.717) is 6.42 Å². The highest BCUT2D eigenvalue weighted by molar-refractivity contribution is 7.85. The van der Waals surface area contributed by atoms with Crippen molar-refractivity contribution in [2.75, 3.05) is 5.75 Å². The van der Waals surface area contributed by atoms with Crippen molar-refractivity contribution in [3.8, 4) is 0 Å². The highest BCUT2D eigenvalue weighted by atomic mass is 32.2. The SMILES string of the molecule is CCCCCCCCCCCCCCCCCC/C=C/C(O)C(CS(=O)(=O)O)NC(=O)CCCCCCCCCCCCCCCCCCCC. The molecule has 0 radical (unpaired) electrons. The Bertz CT molecular complexity index is 862. The van der Waals surface area contributed by atoms with Crippen LogP contribution in [-0.4, -0.2) is 41.9 Å². The van der Waals surface area contributed by atoms with Crippen LogP contribution in [0.25, 0.3) is 0 Å². The van der Waals surface area contributed by atoms with E-state index >= 15 is 0 Å². The monoisotopic (exact) mass is 742 g/mol. The fourth-order valence-electron chi connectivity index (χ4n) is 7.10. The van der Waals surface area contributed by atoms with Crippen molar-refractivity contribution in [2.45, 2.75) is 257 Å². The Hall–Kier alpha value is -0.920. The quantitative estimate of drug-likeness (QED) is 0.0329. The molecule has 304 valence electrons. The molecule has 0 aromatic carbocycles. The number of amides is 1. The summed E-state index contributed by atoms with van der Waals surface area (Å²) in [6.45, 7) is 4.54. The minimum Gasteiger partial charge on any atom is -0.387 e. The van der Waals surface area contributed by atoms with Gasteiger partial charge in [0.15, 0.2) is 0 Å². The molecule has 0 aliphatic rings. The number of aliphatic hydroxyl groups is 1. The molecule has 0 aliphatic heterocycles. The number of carbonyl (C=O) groups is 1. The summed E-state index contributed by atoms with van der Waals surface area (Å²) in [5, 5.41) is 13.3. The van der Waals surface area contributed by atoms with Gasteiger partial charge in [-0.15, -0.1) is 0 Å². The molecular weight excluding hydrogens is 655 g/mol. The van der Waals surface area contributed by atoms with Crippen molar-refractivity contribution in [1.29, 1.82) is 0 Å². The van der Waals surface area contributed by atoms with Crippen LogP contribution >= 0.6 is 0 Å². The van der Waals surface area contributed by atoms with E-state index in [1.54, 1.807) is 6.08 Å². The summed E-state index contributed by atoms with van der Waals surface area (Å²) in [6, 6.07) is -1.05. The Kier molecular flexibility index (Phi) is 38.1. The lowest BCUT2D eigenvalue weighted by atomic mass is 10.0. The van der Waals surface area contributed by atoms with Crippen molar-refractivity contribution >= 4 is 16.0 Å². The molecule has 3 N–H and O–H groups in total. The van der Waals surface area contributed by atoms with Gasteiger partial charge >= 0.3 is 0 Å². The van der Waals surface area contributed by atoms with E-state index < -0.39 is 28.0 Å². The lowest BCUT2D eigenvalue weighted by molar-refractivity contribution is -0.122. The van der Waals surface area contributed by atoms with Gasteiger partial charge in [0.2, 0.25) is 5.91 Å². The Morgan fingerprint density at radius 1 is 0.510 bits per heavy atom. The van der Waals surface area contributed by atoms with E-state index in [-0.39, 0.29) is 5.91 Å². The number of hydrogen-bond donors (Lipinski definition) is 3. The van der Waals surface area contributed by atoms with Crippen LogP contribution in [0.15, 0.2) is 12.2 Å². The summed E-state index contributed by atoms with van der Waals surface area (Å²) in [7, 11) is -4.34. The van der Waals surface area contributed by atoms with Crippen LogP contribution in [0.2, 0.25) is 0 Å². The molecule has 0 aromatic heterocycles. The summed E-state index contributed by atoms with van der Waals surface area (Å²) in [6.07, 6.45) is 47.7. The zero-order valence-corrected chi connectivity index (χ0v) is 34.8. The highest BCUT2D eigenvalue weighted by Gasteiger charge is 2.24. The third-order valence-corrected chi connectivity index (χ3v) is 11.2. The molecule has 0 aliphatic carbocycles. The van der Waals surface area contributed by atoms with Gasteiger partial charge in [-0.2, -0.15) is 8.42 Å². The van der Waals surface area contributed by atoms with Gasteiger partial charge in [0, 0.05) is 6.42 Å². The number of nitrogens with one attached hydrogen (secondary N) is 1. The van der Waals surface area contributed by atoms with Gasteiger partial charge in [-0.1, -0.05) is 231 Å². The summed E-state index contributed by atoms with van der Waals surface area (Å²) < 4.78 is 32.5. The van der Waals surface area contributed by atoms with E-state index in [1.807, 2.05) is 6.08 Å². The molecule has 0 saturated carbocycles. The first-order valence-corrected chi connectivity index (χ1v) is 24.0. The average Bonchev–Trinajstić information content (AvgIpc) is 3.09. The molecule has 7 heteroatoms. The summed E-state index contributed by atoms with van der Waals surface area (Å²) in [4.78, 5) is 12.5. The Morgan fingerprint density at radius 3 is 1.12 bits per heavy atom. The molecule has 0 aromatic rings. The molecule has 6 nitrogen and oxygen atoms in total. The second-order valence-electron chi connectivity index (χ2n) is 15.7. The van der Waals surface area contributed by atoms with Gasteiger partial charge < -0.3 is 10.4 Å². The van der Waals surface area contributed by atoms with Gasteiger partial charge in [-0.25, -0.2) is 0 Å². The van der Waals surface area contributed by atoms with E-state index in [9.17, 15) is 22.9 Å². The third-order valence-electron chi connectivity index (χ3n) is 10.5. The topological polar surface area (TPSA) is 104 Å². The fraction of sp³-hybridized carbons (Fsp3) is 0.932. The van der Waals surface area contributed by atoms with Gasteiger partial charge in [0.1, 0.15) is 0 Å². The third kappa shape index (κ3) is 40.1. The molecule has 0 rings (SSSR count). The number of rotatable bonds is 41. The molecule has 0 fully saturated rings. The zero-order valence-electron chi connectivity index (χ0n) is 34.0. The second kappa shape index (κ2) is 38.8. The molecule has 51 heavy (non-hydrogen) atoms. The smallest absolute Gasteiger partial charge is 0.267 e. The minimum atomic E-state index is -4.34. The molecule has 0 bridgehead atoms. The molecule has 2 unspecified atom stereocenters. The maximum atomic E-state index is 12.5. The van der Waals surface area contributed by atoms with Gasteiger partial charge in [0.25, 0.3) is 10.1 Å². The first kappa shape index (κ1) is 50.1. The van der Waals surface area contributed by atoms with E-state index in [0.717, 1.165) is 38.5 Å². The van der Waals surface area contributed by atoms with Gasteiger partial charge in [-0.05, 0) is 19.3 Å². The van der Waals surface area contributed by atoms with Crippen LogP contribution in [0.5, 0.6) is 0 Å².